The average molecular weight is 313 g/mol. The van der Waals surface area contributed by atoms with Crippen LogP contribution in [-0.4, -0.2) is 28.4 Å². The number of rotatable bonds is 5. The zero-order valence-electron chi connectivity index (χ0n) is 9.93. The molecule has 0 atom stereocenters. The van der Waals surface area contributed by atoms with Gasteiger partial charge in [0.1, 0.15) is 0 Å². The van der Waals surface area contributed by atoms with Gasteiger partial charge in [-0.15, -0.1) is 6.54 Å². The molecule has 16 heavy (non-hydrogen) atoms. The second-order valence-corrected chi connectivity index (χ2v) is 10.4. The van der Waals surface area contributed by atoms with Crippen molar-refractivity contribution < 1.29 is 17.0 Å². The van der Waals surface area contributed by atoms with E-state index in [0.29, 0.717) is 0 Å². The number of nitrogens with one attached hydrogen (secondary N) is 1. The van der Waals surface area contributed by atoms with Crippen LogP contribution in [0.2, 0.25) is 13.1 Å². The van der Waals surface area contributed by atoms with E-state index in [4.69, 9.17) is 23.6 Å². The summed E-state index contributed by atoms with van der Waals surface area (Å²) < 4.78 is 0. The summed E-state index contributed by atoms with van der Waals surface area (Å²) in [6.45, 7) is 6.49. The van der Waals surface area contributed by atoms with Gasteiger partial charge in [-0.3, -0.25) is 0 Å². The third kappa shape index (κ3) is 7.70. The molecule has 0 spiro atoms. The predicted octanol–water partition coefficient (Wildman–Crippen LogP) is 3.11. The van der Waals surface area contributed by atoms with Gasteiger partial charge in [0.15, 0.2) is 0 Å². The number of halogens is 2. The Bertz CT molecular complexity index is 167. The summed E-state index contributed by atoms with van der Waals surface area (Å²) in [5.74, 6) is 0. The monoisotopic (exact) mass is 312 g/mol. The Balaban J connectivity index is 0.000000673. The van der Waals surface area contributed by atoms with E-state index in [1.54, 1.807) is 0 Å². The predicted molar refractivity (Wildman–Crippen MR) is 71.8 cm³/mol. The van der Waals surface area contributed by atoms with Gasteiger partial charge in [-0.2, -0.15) is 0 Å². The molecule has 5 radical (unpaired) electrons. The Labute approximate surface area is 118 Å². The van der Waals surface area contributed by atoms with Gasteiger partial charge in [-0.25, -0.2) is 0 Å². The van der Waals surface area contributed by atoms with Crippen LogP contribution in [0.25, 0.3) is 4.98 Å². The molecule has 0 unspecified atom stereocenters. The molecule has 0 amide bonds. The zero-order valence-corrected chi connectivity index (χ0v) is 14.0. The van der Waals surface area contributed by atoms with E-state index in [9.17, 15) is 0 Å². The van der Waals surface area contributed by atoms with Gasteiger partial charge < -0.3 is 10.3 Å². The van der Waals surface area contributed by atoms with Crippen molar-refractivity contribution in [2.75, 3.05) is 20.1 Å². The molecule has 0 bridgehead atoms. The van der Waals surface area contributed by atoms with E-state index in [1.165, 1.54) is 5.54 Å². The molecular weight excluding hydrogens is 295 g/mol. The molecule has 0 aromatic carbocycles. The van der Waals surface area contributed by atoms with Crippen molar-refractivity contribution in [3.05, 3.63) is 36.2 Å². The Morgan fingerprint density at radius 2 is 1.81 bits per heavy atom. The van der Waals surface area contributed by atoms with E-state index >= 15 is 0 Å². The first kappa shape index (κ1) is 17.4. The van der Waals surface area contributed by atoms with Crippen LogP contribution >= 0.6 is 18.6 Å². The van der Waals surface area contributed by atoms with Gasteiger partial charge in [-0.05, 0) is 44.8 Å². The average Bonchev–Trinajstić information content (AvgIpc) is 2.72. The number of nitrogens with zero attached hydrogens (tertiary/aromatic N) is 1. The van der Waals surface area contributed by atoms with Crippen molar-refractivity contribution >= 4 is 26.8 Å². The fourth-order valence-electron chi connectivity index (χ4n) is 1.32. The fourth-order valence-corrected chi connectivity index (χ4v) is 3.18. The Morgan fingerprint density at radius 1 is 1.31 bits per heavy atom. The zero-order chi connectivity index (χ0) is 12.4. The summed E-state index contributed by atoms with van der Waals surface area (Å²) in [5.41, 5.74) is 1.43. The Hall–Kier alpha value is 1.43. The molecule has 0 heterocycles. The van der Waals surface area contributed by atoms with Crippen LogP contribution in [0.1, 0.15) is 0 Å². The number of hydrogen-bond acceptors (Lipinski definition) is 1. The maximum atomic E-state index is 4.89. The minimum atomic E-state index is -1.48. The minimum absolute atomic E-state index is 0.556. The van der Waals surface area contributed by atoms with Crippen LogP contribution in [0.4, 0.5) is 0 Å². The van der Waals surface area contributed by atoms with E-state index in [1.807, 2.05) is 7.05 Å². The first-order chi connectivity index (χ1) is 7.58. The topological polar surface area (TPSA) is 26.1 Å². The van der Waals surface area contributed by atoms with Gasteiger partial charge in [0.25, 0.3) is 0 Å². The van der Waals surface area contributed by atoms with Crippen LogP contribution < -0.4 is 5.32 Å². The number of likely N-dealkylation sites (N-methyl/N-ethyl adjacent to an activating group) is 1. The molecule has 1 aliphatic carbocycles. The first-order valence-corrected chi connectivity index (χ1v) is 12.3. The summed E-state index contributed by atoms with van der Waals surface area (Å²) in [6.07, 6.45) is 8.57. The molecule has 6 heteroatoms. The molecular formula is C10H18Cl2N2SiTi-. The number of hydrogen-bond donors (Lipinski definition) is 1. The van der Waals surface area contributed by atoms with Gasteiger partial charge >= 0.3 is 35.6 Å². The van der Waals surface area contributed by atoms with Crippen LogP contribution in [0.3, 0.4) is 0 Å². The SMILES string of the molecule is CNCC[N-][Si](C)(C)[C]1[CH][CH][CH][CH]1.[Cl][Ti][Cl]. The molecule has 1 rings (SSSR count). The molecule has 91 valence electrons. The van der Waals surface area contributed by atoms with Gasteiger partial charge in [0, 0.05) is 0 Å². The van der Waals surface area contributed by atoms with Crippen molar-refractivity contribution in [1.82, 2.24) is 5.32 Å². The summed E-state index contributed by atoms with van der Waals surface area (Å²) in [7, 11) is 10.3. The van der Waals surface area contributed by atoms with Crippen molar-refractivity contribution in [1.29, 1.82) is 0 Å². The molecule has 2 nitrogen and oxygen atoms in total. The standard InChI is InChI=1S/C10H18N2Si.2ClH.Ti/c1-11-8-9-12-13(2,3)10-6-4-5-7-10;;;/h4-7,11H,8-9H2,1-3H3;2*1H;/q-1;;;+2/p-2. The summed E-state index contributed by atoms with van der Waals surface area (Å²) in [6, 6.07) is 0. The maximum absolute atomic E-state index is 4.89. The molecule has 0 aromatic rings. The van der Waals surface area contributed by atoms with Crippen molar-refractivity contribution in [2.45, 2.75) is 13.1 Å². The normalized spacial score (nSPS) is 16.8. The van der Waals surface area contributed by atoms with Crippen molar-refractivity contribution in [3.63, 3.8) is 0 Å². The van der Waals surface area contributed by atoms with E-state index in [0.717, 1.165) is 13.1 Å². The molecule has 0 aromatic heterocycles. The molecule has 0 saturated heterocycles. The van der Waals surface area contributed by atoms with Crippen molar-refractivity contribution in [2.24, 2.45) is 0 Å². The molecule has 1 N–H and O–H groups in total. The summed E-state index contributed by atoms with van der Waals surface area (Å²) in [4.78, 5) is 4.76. The van der Waals surface area contributed by atoms with E-state index in [-0.39, 0.29) is 0 Å². The fraction of sp³-hybridized carbons (Fsp3) is 0.500. The second kappa shape index (κ2) is 10.4. The van der Waals surface area contributed by atoms with Crippen molar-refractivity contribution in [3.8, 4) is 0 Å². The van der Waals surface area contributed by atoms with Crippen LogP contribution in [0.5, 0.6) is 0 Å². The first-order valence-electron chi connectivity index (χ1n) is 5.10. The van der Waals surface area contributed by atoms with Crippen LogP contribution in [0, 0.1) is 31.2 Å². The quantitative estimate of drug-likeness (QED) is 0.612. The molecule has 1 fully saturated rings. The van der Waals surface area contributed by atoms with Crippen LogP contribution in [-0.2, 0) is 17.0 Å². The third-order valence-corrected chi connectivity index (χ3v) is 5.00. The van der Waals surface area contributed by atoms with E-state index in [2.05, 4.69) is 44.1 Å². The molecule has 1 saturated carbocycles. The van der Waals surface area contributed by atoms with E-state index < -0.39 is 25.3 Å². The van der Waals surface area contributed by atoms with Crippen LogP contribution in [0.15, 0.2) is 0 Å². The summed E-state index contributed by atoms with van der Waals surface area (Å²) in [5, 5.41) is 3.11. The Kier molecular flexibility index (Phi) is 11.3. The van der Waals surface area contributed by atoms with Gasteiger partial charge in [0.2, 0.25) is 0 Å². The summed E-state index contributed by atoms with van der Waals surface area (Å²) >= 11 is -0.556. The second-order valence-electron chi connectivity index (χ2n) is 3.79. The third-order valence-electron chi connectivity index (χ3n) is 2.24. The molecule has 0 aliphatic heterocycles. The van der Waals surface area contributed by atoms with Gasteiger partial charge in [0.05, 0.1) is 0 Å². The van der Waals surface area contributed by atoms with Gasteiger partial charge in [-0.1, -0.05) is 21.3 Å². The Morgan fingerprint density at radius 3 is 2.25 bits per heavy atom. The molecule has 1 aliphatic rings.